The summed E-state index contributed by atoms with van der Waals surface area (Å²) in [5.41, 5.74) is 0.889. The van der Waals surface area contributed by atoms with Gasteiger partial charge in [0.1, 0.15) is 17.8 Å². The molecule has 0 saturated heterocycles. The number of nitrogens with zero attached hydrogens (tertiary/aromatic N) is 4. The van der Waals surface area contributed by atoms with E-state index in [1.165, 1.54) is 12.8 Å². The van der Waals surface area contributed by atoms with Crippen LogP contribution in [0.4, 0.5) is 5.82 Å². The quantitative estimate of drug-likeness (QED) is 0.839. The van der Waals surface area contributed by atoms with Crippen LogP contribution in [-0.2, 0) is 9.73 Å². The minimum Gasteiger partial charge on any atom is -0.356 e. The van der Waals surface area contributed by atoms with Crippen LogP contribution >= 0.6 is 0 Å². The van der Waals surface area contributed by atoms with Crippen LogP contribution in [0.15, 0.2) is 23.0 Å². The van der Waals surface area contributed by atoms with Crippen molar-refractivity contribution in [1.82, 2.24) is 15.0 Å². The minimum absolute atomic E-state index is 0.484. The normalized spacial score (nSPS) is 25.8. The highest BCUT2D eigenvalue weighted by atomic mass is 32.2. The lowest BCUT2D eigenvalue weighted by atomic mass is 9.86. The molecule has 7 heteroatoms. The molecular weight excluding hydrogens is 346 g/mol. The van der Waals surface area contributed by atoms with Gasteiger partial charge in [-0.3, -0.25) is 0 Å². The molecule has 0 amide bonds. The van der Waals surface area contributed by atoms with Gasteiger partial charge < -0.3 is 9.88 Å². The van der Waals surface area contributed by atoms with E-state index in [4.69, 9.17) is 0 Å². The molecule has 6 nitrogen and oxygen atoms in total. The SMILES string of the molecule is CN=S(=O)(CC1CC1)CC1CCC(N(C)c2ncnc3[nH]ccc23)CC1. The monoisotopic (exact) mass is 375 g/mol. The van der Waals surface area contributed by atoms with Crippen LogP contribution < -0.4 is 4.90 Å². The molecule has 0 spiro atoms. The predicted molar refractivity (Wildman–Crippen MR) is 107 cm³/mol. The smallest absolute Gasteiger partial charge is 0.142 e. The van der Waals surface area contributed by atoms with Gasteiger partial charge in [0.2, 0.25) is 0 Å². The van der Waals surface area contributed by atoms with Crippen LogP contribution in [0.25, 0.3) is 11.0 Å². The summed E-state index contributed by atoms with van der Waals surface area (Å²) in [6, 6.07) is 2.53. The fourth-order valence-corrected chi connectivity index (χ4v) is 6.82. The zero-order valence-corrected chi connectivity index (χ0v) is 16.5. The van der Waals surface area contributed by atoms with Crippen LogP contribution in [0.2, 0.25) is 0 Å². The molecule has 2 aliphatic carbocycles. The lowest BCUT2D eigenvalue weighted by Gasteiger charge is -2.35. The Kier molecular flexibility index (Phi) is 4.90. The molecule has 2 fully saturated rings. The van der Waals surface area contributed by atoms with Gasteiger partial charge in [-0.15, -0.1) is 0 Å². The van der Waals surface area contributed by atoms with E-state index >= 15 is 0 Å². The van der Waals surface area contributed by atoms with E-state index < -0.39 is 9.73 Å². The van der Waals surface area contributed by atoms with E-state index in [0.717, 1.165) is 54.0 Å². The fraction of sp³-hybridized carbons (Fsp3) is 0.684. The summed E-state index contributed by atoms with van der Waals surface area (Å²) in [5.74, 6) is 3.85. The highest BCUT2D eigenvalue weighted by Gasteiger charge is 2.31. The van der Waals surface area contributed by atoms with E-state index in [2.05, 4.69) is 31.3 Å². The average molecular weight is 376 g/mol. The Morgan fingerprint density at radius 2 is 1.81 bits per heavy atom. The Morgan fingerprint density at radius 1 is 1.15 bits per heavy atom. The van der Waals surface area contributed by atoms with Gasteiger partial charge in [-0.05, 0) is 56.4 Å². The van der Waals surface area contributed by atoms with Crippen molar-refractivity contribution in [3.63, 3.8) is 0 Å². The third-order valence-corrected chi connectivity index (χ3v) is 8.70. The molecule has 0 aliphatic heterocycles. The molecule has 1 unspecified atom stereocenters. The zero-order chi connectivity index (χ0) is 18.1. The number of anilines is 1. The minimum atomic E-state index is -1.99. The molecule has 1 N–H and O–H groups in total. The second-order valence-corrected chi connectivity index (χ2v) is 10.5. The summed E-state index contributed by atoms with van der Waals surface area (Å²) in [4.78, 5) is 14.3. The summed E-state index contributed by atoms with van der Waals surface area (Å²) >= 11 is 0. The van der Waals surface area contributed by atoms with Gasteiger partial charge in [0.15, 0.2) is 0 Å². The van der Waals surface area contributed by atoms with Crippen LogP contribution in [0.1, 0.15) is 38.5 Å². The van der Waals surface area contributed by atoms with Crippen LogP contribution in [0.5, 0.6) is 0 Å². The number of nitrogens with one attached hydrogen (secondary N) is 1. The lowest BCUT2D eigenvalue weighted by molar-refractivity contribution is 0.342. The molecule has 4 rings (SSSR count). The van der Waals surface area contributed by atoms with Crippen LogP contribution in [0, 0.1) is 11.8 Å². The molecule has 2 saturated carbocycles. The Balaban J connectivity index is 1.38. The molecule has 26 heavy (non-hydrogen) atoms. The molecule has 0 bridgehead atoms. The molecule has 2 aromatic rings. The molecule has 2 heterocycles. The first kappa shape index (κ1) is 17.8. The Hall–Kier alpha value is -1.63. The molecule has 0 radical (unpaired) electrons. The number of fused-ring (bicyclic) bond motifs is 1. The van der Waals surface area contributed by atoms with E-state index in [9.17, 15) is 4.21 Å². The van der Waals surface area contributed by atoms with Gasteiger partial charge in [0.25, 0.3) is 0 Å². The van der Waals surface area contributed by atoms with Crippen LogP contribution in [0.3, 0.4) is 0 Å². The van der Waals surface area contributed by atoms with Gasteiger partial charge in [0.05, 0.1) is 5.39 Å². The van der Waals surface area contributed by atoms with Crippen molar-refractivity contribution < 1.29 is 4.21 Å². The Bertz CT molecular complexity index is 873. The van der Waals surface area contributed by atoms with Crippen molar-refractivity contribution in [2.75, 3.05) is 30.5 Å². The first-order valence-corrected chi connectivity index (χ1v) is 11.5. The highest BCUT2D eigenvalue weighted by Crippen LogP contribution is 2.35. The molecular formula is C19H29N5OS. The van der Waals surface area contributed by atoms with Crippen molar-refractivity contribution in [1.29, 1.82) is 0 Å². The van der Waals surface area contributed by atoms with Gasteiger partial charge in [-0.1, -0.05) is 0 Å². The number of H-pyrrole nitrogens is 1. The number of rotatable bonds is 6. The topological polar surface area (TPSA) is 74.2 Å². The van der Waals surface area contributed by atoms with E-state index in [-0.39, 0.29) is 0 Å². The number of aromatic nitrogens is 3. The summed E-state index contributed by atoms with van der Waals surface area (Å²) in [5, 5.41) is 1.08. The molecule has 0 aromatic carbocycles. The highest BCUT2D eigenvalue weighted by molar-refractivity contribution is 7.93. The molecule has 2 aliphatic rings. The third-order valence-electron chi connectivity index (χ3n) is 6.05. The van der Waals surface area contributed by atoms with Gasteiger partial charge in [-0.25, -0.2) is 18.5 Å². The van der Waals surface area contributed by atoms with Gasteiger partial charge in [-0.2, -0.15) is 0 Å². The maximum absolute atomic E-state index is 13.0. The number of hydrogen-bond acceptors (Lipinski definition) is 5. The maximum Gasteiger partial charge on any atom is 0.142 e. The standard InChI is InChI=1S/C19H29N5OS/c1-20-26(25,11-14-3-4-14)12-15-5-7-16(8-6-15)24(2)19-17-9-10-21-18(17)22-13-23-19/h9-10,13-16H,3-8,11-12H2,1-2H3,(H,21,22,23). The summed E-state index contributed by atoms with van der Waals surface area (Å²) < 4.78 is 17.4. The fourth-order valence-electron chi connectivity index (χ4n) is 4.25. The maximum atomic E-state index is 13.0. The second-order valence-electron chi connectivity index (χ2n) is 7.95. The third kappa shape index (κ3) is 3.72. The van der Waals surface area contributed by atoms with Crippen molar-refractivity contribution in [3.05, 3.63) is 18.6 Å². The number of aromatic amines is 1. The number of hydrogen-bond donors (Lipinski definition) is 1. The van der Waals surface area contributed by atoms with E-state index in [0.29, 0.717) is 17.9 Å². The Labute approximate surface area is 156 Å². The van der Waals surface area contributed by atoms with Gasteiger partial charge >= 0.3 is 0 Å². The second kappa shape index (κ2) is 7.18. The Morgan fingerprint density at radius 3 is 2.42 bits per heavy atom. The lowest BCUT2D eigenvalue weighted by Crippen LogP contribution is -2.37. The van der Waals surface area contributed by atoms with Crippen molar-refractivity contribution in [2.24, 2.45) is 16.2 Å². The van der Waals surface area contributed by atoms with Crippen molar-refractivity contribution in [3.8, 4) is 0 Å². The summed E-state index contributed by atoms with van der Waals surface area (Å²) in [6.45, 7) is 0. The first-order valence-electron chi connectivity index (χ1n) is 9.69. The predicted octanol–water partition coefficient (Wildman–Crippen LogP) is 3.46. The van der Waals surface area contributed by atoms with E-state index in [1.807, 2.05) is 12.3 Å². The van der Waals surface area contributed by atoms with Crippen molar-refractivity contribution in [2.45, 2.75) is 44.6 Å². The molecule has 142 valence electrons. The molecule has 1 atom stereocenters. The summed E-state index contributed by atoms with van der Waals surface area (Å²) in [6.07, 6.45) is 10.6. The van der Waals surface area contributed by atoms with Gasteiger partial charge in [0, 0.05) is 47.6 Å². The largest absolute Gasteiger partial charge is 0.356 e. The summed E-state index contributed by atoms with van der Waals surface area (Å²) in [7, 11) is 1.90. The average Bonchev–Trinajstić information content (AvgIpc) is 3.32. The van der Waals surface area contributed by atoms with Crippen LogP contribution in [-0.4, -0.2) is 50.8 Å². The first-order chi connectivity index (χ1) is 12.6. The zero-order valence-electron chi connectivity index (χ0n) is 15.7. The van der Waals surface area contributed by atoms with Crippen molar-refractivity contribution >= 4 is 26.6 Å². The van der Waals surface area contributed by atoms with E-state index in [1.54, 1.807) is 13.4 Å². The molecule has 2 aromatic heterocycles.